The van der Waals surface area contributed by atoms with Crippen LogP contribution in [0.15, 0.2) is 79.1 Å². The van der Waals surface area contributed by atoms with Gasteiger partial charge in [0.2, 0.25) is 5.91 Å². The Balaban J connectivity index is 0.000000191. The zero-order valence-electron chi connectivity index (χ0n) is 36.1. The fourth-order valence-electron chi connectivity index (χ4n) is 9.26. The molecule has 2 aliphatic heterocycles. The lowest BCUT2D eigenvalue weighted by Gasteiger charge is -2.43. The lowest BCUT2D eigenvalue weighted by molar-refractivity contribution is -0.135. The molecule has 0 atom stereocenters. The summed E-state index contributed by atoms with van der Waals surface area (Å²) >= 11 is 14.5. The number of carbonyl (C=O) groups is 4. The van der Waals surface area contributed by atoms with Crippen LogP contribution in [0.4, 0.5) is 19.9 Å². The fourth-order valence-corrected chi connectivity index (χ4v) is 10.9. The van der Waals surface area contributed by atoms with Gasteiger partial charge in [-0.1, -0.05) is 133 Å². The maximum Gasteiger partial charge on any atom is 0.324 e. The van der Waals surface area contributed by atoms with Gasteiger partial charge in [-0.2, -0.15) is 0 Å². The molecule has 0 radical (unpaired) electrons. The van der Waals surface area contributed by atoms with Gasteiger partial charge in [0.05, 0.1) is 12.4 Å². The number of nitrogens with one attached hydrogen (secondary N) is 2. The Kier molecular flexibility index (Phi) is 17.7. The number of amides is 6. The van der Waals surface area contributed by atoms with E-state index < -0.39 is 0 Å². The van der Waals surface area contributed by atoms with E-state index >= 15 is 0 Å². The van der Waals surface area contributed by atoms with Crippen molar-refractivity contribution >= 4 is 86.1 Å². The van der Waals surface area contributed by atoms with Crippen molar-refractivity contribution in [3.63, 3.8) is 0 Å². The van der Waals surface area contributed by atoms with Gasteiger partial charge in [0.15, 0.2) is 16.9 Å². The summed E-state index contributed by atoms with van der Waals surface area (Å²) in [5.74, 6) is 0.704. The summed E-state index contributed by atoms with van der Waals surface area (Å²) in [5, 5.41) is 6.93. The highest BCUT2D eigenvalue weighted by Crippen LogP contribution is 2.32. The maximum absolute atomic E-state index is 13.2. The molecule has 13 nitrogen and oxygen atoms in total. The van der Waals surface area contributed by atoms with E-state index in [1.54, 1.807) is 18.5 Å². The van der Waals surface area contributed by atoms with Gasteiger partial charge in [-0.15, -0.1) is 0 Å². The molecule has 2 saturated carbocycles. The lowest BCUT2D eigenvalue weighted by Crippen LogP contribution is -2.54. The molecule has 4 heterocycles. The number of anilines is 2. The summed E-state index contributed by atoms with van der Waals surface area (Å²) in [6, 6.07) is 19.7. The molecule has 6 amide bonds. The molecule has 2 aromatic carbocycles. The van der Waals surface area contributed by atoms with Gasteiger partial charge in [-0.3, -0.25) is 20.2 Å². The number of rotatable bonds is 11. The molecule has 342 valence electrons. The molecule has 4 aromatic rings. The van der Waals surface area contributed by atoms with E-state index in [0.717, 1.165) is 82.6 Å². The first-order valence-electron chi connectivity index (χ1n) is 22.6. The van der Waals surface area contributed by atoms with Crippen LogP contribution >= 0.6 is 45.9 Å². The van der Waals surface area contributed by atoms with Crippen LogP contribution in [0.3, 0.4) is 0 Å². The number of aromatic nitrogens is 2. The third-order valence-electron chi connectivity index (χ3n) is 12.5. The van der Waals surface area contributed by atoms with Crippen molar-refractivity contribution in [1.82, 2.24) is 29.6 Å². The Morgan fingerprint density at radius 2 is 1.06 bits per heavy atom. The van der Waals surface area contributed by atoms with E-state index in [0.29, 0.717) is 50.9 Å². The number of ether oxygens (including phenoxy) is 1. The Hall–Kier alpha value is -4.70. The number of thiazole rings is 2. The predicted octanol–water partition coefficient (Wildman–Crippen LogP) is 10.7. The second-order valence-electron chi connectivity index (χ2n) is 16.7. The standard InChI is InChI=1S/C24H29ClN4O2S.C23H29ClN4O3S/c25-21-17-26-23(32-21)27-24(31)29(19-9-5-2-6-10-19)20-13-15-28(16-14-20)22(30)12-11-18-7-3-1-4-8-18;24-20-15-25-22(32-20)26-23(30)28(17-7-3-1-4-8-17)18-11-13-27(14-12-18)21(29)16-31-19-9-5-2-6-10-19/h1,3-4,7-8,11-12,17,19-20H,2,5-6,9-10,13-16H2,(H,26,27,31);2,5-6,9-10,15,17-18H,1,3-4,7-8,11-14,16H2,(H,25,26,30). The third-order valence-corrected chi connectivity index (χ3v) is 14.6. The van der Waals surface area contributed by atoms with Crippen LogP contribution in [0.2, 0.25) is 8.67 Å². The maximum atomic E-state index is 13.2. The third kappa shape index (κ3) is 13.7. The van der Waals surface area contributed by atoms with Crippen molar-refractivity contribution in [3.05, 3.63) is 93.4 Å². The Bertz CT molecular complexity index is 2130. The molecule has 0 bridgehead atoms. The lowest BCUT2D eigenvalue weighted by atomic mass is 9.91. The van der Waals surface area contributed by atoms with E-state index in [1.165, 1.54) is 35.5 Å². The number of hydrogen-bond donors (Lipinski definition) is 2. The van der Waals surface area contributed by atoms with E-state index in [-0.39, 0.29) is 54.7 Å². The Morgan fingerprint density at radius 1 is 0.625 bits per heavy atom. The smallest absolute Gasteiger partial charge is 0.324 e. The molecule has 0 spiro atoms. The first kappa shape index (κ1) is 47.3. The molecule has 2 aromatic heterocycles. The summed E-state index contributed by atoms with van der Waals surface area (Å²) in [5.41, 5.74) is 1.01. The number of urea groups is 2. The number of benzene rings is 2. The highest BCUT2D eigenvalue weighted by atomic mass is 35.5. The van der Waals surface area contributed by atoms with E-state index in [1.807, 2.05) is 86.3 Å². The van der Waals surface area contributed by atoms with Crippen LogP contribution in [-0.2, 0) is 9.59 Å². The molecule has 8 rings (SSSR count). The van der Waals surface area contributed by atoms with Gasteiger partial charge in [0.25, 0.3) is 5.91 Å². The molecule has 2 aliphatic carbocycles. The second kappa shape index (κ2) is 24.0. The van der Waals surface area contributed by atoms with Gasteiger partial charge in [-0.05, 0) is 75.1 Å². The van der Waals surface area contributed by atoms with Crippen molar-refractivity contribution in [1.29, 1.82) is 0 Å². The van der Waals surface area contributed by atoms with Gasteiger partial charge in [-0.25, -0.2) is 19.6 Å². The minimum atomic E-state index is -0.111. The van der Waals surface area contributed by atoms with Crippen LogP contribution < -0.4 is 15.4 Å². The summed E-state index contributed by atoms with van der Waals surface area (Å²) in [6.07, 6.45) is 20.9. The van der Waals surface area contributed by atoms with Gasteiger partial charge < -0.3 is 24.3 Å². The first-order chi connectivity index (χ1) is 31.2. The Labute approximate surface area is 394 Å². The molecule has 17 heteroatoms. The second-order valence-corrected chi connectivity index (χ2v) is 20.0. The van der Waals surface area contributed by atoms with Gasteiger partial charge in [0.1, 0.15) is 14.4 Å². The first-order valence-corrected chi connectivity index (χ1v) is 25.0. The molecule has 4 fully saturated rings. The molecule has 2 saturated heterocycles. The summed E-state index contributed by atoms with van der Waals surface area (Å²) in [7, 11) is 0. The predicted molar refractivity (Wildman–Crippen MR) is 256 cm³/mol. The topological polar surface area (TPSA) is 140 Å². The molecular formula is C47H58Cl2N8O5S2. The van der Waals surface area contributed by atoms with E-state index in [2.05, 4.69) is 20.6 Å². The van der Waals surface area contributed by atoms with Crippen LogP contribution in [0.5, 0.6) is 5.75 Å². The molecule has 0 unspecified atom stereocenters. The van der Waals surface area contributed by atoms with Crippen LogP contribution in [-0.4, -0.2) is 110 Å². The van der Waals surface area contributed by atoms with Gasteiger partial charge >= 0.3 is 12.1 Å². The largest absolute Gasteiger partial charge is 0.484 e. The number of hydrogen-bond acceptors (Lipinski definition) is 9. The average Bonchev–Trinajstić information content (AvgIpc) is 3.95. The van der Waals surface area contributed by atoms with Crippen molar-refractivity contribution < 1.29 is 23.9 Å². The number of piperidine rings is 2. The normalized spacial score (nSPS) is 17.9. The molecular weight excluding hydrogens is 892 g/mol. The molecule has 64 heavy (non-hydrogen) atoms. The number of para-hydroxylation sites is 1. The van der Waals surface area contributed by atoms with Gasteiger partial charge in [0, 0.05) is 56.4 Å². The van der Waals surface area contributed by atoms with Crippen molar-refractivity contribution in [2.75, 3.05) is 43.4 Å². The van der Waals surface area contributed by atoms with Crippen molar-refractivity contribution in [3.8, 4) is 5.75 Å². The SMILES string of the molecule is O=C(C=Cc1ccccc1)N1CCC(N(C(=O)Nc2ncc(Cl)s2)C2CCCCC2)CC1.O=C(COc1ccccc1)N1CCC(N(C(=O)Nc2ncc(Cl)s2)C2CCCCC2)CC1. The van der Waals surface area contributed by atoms with Crippen molar-refractivity contribution in [2.45, 2.75) is 114 Å². The zero-order chi connectivity index (χ0) is 44.7. The summed E-state index contributed by atoms with van der Waals surface area (Å²) < 4.78 is 6.72. The highest BCUT2D eigenvalue weighted by Gasteiger charge is 2.37. The Morgan fingerprint density at radius 3 is 1.52 bits per heavy atom. The fraction of sp³-hybridized carbons (Fsp3) is 0.489. The van der Waals surface area contributed by atoms with E-state index in [4.69, 9.17) is 27.9 Å². The van der Waals surface area contributed by atoms with Crippen LogP contribution in [0.1, 0.15) is 95.5 Å². The summed E-state index contributed by atoms with van der Waals surface area (Å²) in [4.78, 5) is 67.9. The molecule has 2 N–H and O–H groups in total. The van der Waals surface area contributed by atoms with E-state index in [9.17, 15) is 19.2 Å². The molecule has 4 aliphatic rings. The minimum absolute atomic E-state index is 0.0154. The summed E-state index contributed by atoms with van der Waals surface area (Å²) in [6.45, 7) is 2.60. The quantitative estimate of drug-likeness (QED) is 0.143. The highest BCUT2D eigenvalue weighted by molar-refractivity contribution is 7.19. The number of nitrogens with zero attached hydrogens (tertiary/aromatic N) is 6. The average molecular weight is 950 g/mol. The monoisotopic (exact) mass is 948 g/mol. The minimum Gasteiger partial charge on any atom is -0.484 e. The van der Waals surface area contributed by atoms with Crippen molar-refractivity contribution in [2.24, 2.45) is 0 Å². The number of likely N-dealkylation sites (tertiary alicyclic amines) is 2. The number of halogens is 2. The zero-order valence-corrected chi connectivity index (χ0v) is 39.3. The number of carbonyl (C=O) groups excluding carboxylic acids is 4. The van der Waals surface area contributed by atoms with Crippen LogP contribution in [0.25, 0.3) is 6.08 Å². The van der Waals surface area contributed by atoms with Crippen LogP contribution in [0, 0.1) is 0 Å².